The van der Waals surface area contributed by atoms with Gasteiger partial charge in [0.1, 0.15) is 17.2 Å². The van der Waals surface area contributed by atoms with Gasteiger partial charge in [0.15, 0.2) is 0 Å². The zero-order chi connectivity index (χ0) is 17.5. The third-order valence-corrected chi connectivity index (χ3v) is 4.66. The molecule has 0 N–H and O–H groups in total. The lowest BCUT2D eigenvalue weighted by Gasteiger charge is -2.09. The third-order valence-electron chi connectivity index (χ3n) is 3.51. The maximum Gasteiger partial charge on any atom is 0.309 e. The number of hydrogen-bond donors (Lipinski definition) is 0. The molecular formula is C20H18O4S. The maximum absolute atomic E-state index is 12.1. The minimum absolute atomic E-state index is 0.0702. The Labute approximate surface area is 147 Å². The fourth-order valence-corrected chi connectivity index (χ4v) is 3.24. The van der Waals surface area contributed by atoms with Crippen LogP contribution in [0.15, 0.2) is 84.9 Å². The van der Waals surface area contributed by atoms with Crippen LogP contribution in [0.2, 0.25) is 0 Å². The Hall–Kier alpha value is -2.79. The molecule has 0 heterocycles. The molecule has 3 aromatic carbocycles. The van der Waals surface area contributed by atoms with E-state index in [4.69, 9.17) is 8.92 Å². The number of hydrogen-bond acceptors (Lipinski definition) is 4. The van der Waals surface area contributed by atoms with Crippen molar-refractivity contribution in [1.29, 1.82) is 0 Å². The Balaban J connectivity index is 1.58. The lowest BCUT2D eigenvalue weighted by Crippen LogP contribution is -2.15. The Kier molecular flexibility index (Phi) is 5.36. The van der Waals surface area contributed by atoms with E-state index in [1.165, 1.54) is 0 Å². The van der Waals surface area contributed by atoms with Gasteiger partial charge in [0, 0.05) is 0 Å². The molecule has 0 saturated heterocycles. The van der Waals surface area contributed by atoms with E-state index in [9.17, 15) is 8.42 Å². The molecule has 0 radical (unpaired) electrons. The molecule has 3 rings (SSSR count). The Morgan fingerprint density at radius 3 is 1.80 bits per heavy atom. The molecule has 0 spiro atoms. The van der Waals surface area contributed by atoms with Gasteiger partial charge in [0.2, 0.25) is 0 Å². The second-order valence-electron chi connectivity index (χ2n) is 5.47. The summed E-state index contributed by atoms with van der Waals surface area (Å²) in [7, 11) is -3.65. The van der Waals surface area contributed by atoms with Crippen LogP contribution in [0.3, 0.4) is 0 Å². The van der Waals surface area contributed by atoms with Crippen molar-refractivity contribution >= 4 is 10.1 Å². The van der Waals surface area contributed by atoms with E-state index in [0.717, 1.165) is 5.56 Å². The highest BCUT2D eigenvalue weighted by atomic mass is 32.2. The van der Waals surface area contributed by atoms with E-state index in [1.807, 2.05) is 60.7 Å². The monoisotopic (exact) mass is 354 g/mol. The smallest absolute Gasteiger partial charge is 0.309 e. The van der Waals surface area contributed by atoms with Crippen LogP contribution in [-0.2, 0) is 16.5 Å². The summed E-state index contributed by atoms with van der Waals surface area (Å²) in [5.74, 6) is 1.53. The van der Waals surface area contributed by atoms with Crippen LogP contribution in [0.1, 0.15) is 5.56 Å². The summed E-state index contributed by atoms with van der Waals surface area (Å²) in [5, 5.41) is 0. The largest absolute Gasteiger partial charge is 0.457 e. The SMILES string of the molecule is O=S(=O)(CCc1ccccc1)Oc1ccc(Oc2ccccc2)cc1. The number of ether oxygens (including phenoxy) is 1. The van der Waals surface area contributed by atoms with Gasteiger partial charge < -0.3 is 8.92 Å². The first-order valence-corrected chi connectivity index (χ1v) is 9.47. The van der Waals surface area contributed by atoms with E-state index in [1.54, 1.807) is 24.3 Å². The summed E-state index contributed by atoms with van der Waals surface area (Å²) in [6.07, 6.45) is 0.415. The van der Waals surface area contributed by atoms with E-state index in [2.05, 4.69) is 0 Å². The summed E-state index contributed by atoms with van der Waals surface area (Å²) in [6.45, 7) is 0. The molecule has 0 unspecified atom stereocenters. The van der Waals surface area contributed by atoms with Gasteiger partial charge in [-0.3, -0.25) is 0 Å². The molecule has 128 valence electrons. The van der Waals surface area contributed by atoms with Gasteiger partial charge in [-0.2, -0.15) is 8.42 Å². The van der Waals surface area contributed by atoms with E-state index >= 15 is 0 Å². The average Bonchev–Trinajstić information content (AvgIpc) is 2.63. The molecule has 0 aliphatic carbocycles. The predicted octanol–water partition coefficient (Wildman–Crippen LogP) is 4.43. The van der Waals surface area contributed by atoms with Crippen molar-refractivity contribution in [2.75, 3.05) is 5.75 Å². The quantitative estimate of drug-likeness (QED) is 0.589. The van der Waals surface area contributed by atoms with Crippen LogP contribution >= 0.6 is 0 Å². The molecule has 0 aliphatic heterocycles. The molecule has 0 atom stereocenters. The number of benzene rings is 3. The standard InChI is InChI=1S/C20H18O4S/c21-25(22,16-15-17-7-3-1-4-8-17)24-20-13-11-19(12-14-20)23-18-9-5-2-6-10-18/h1-14H,15-16H2. The van der Waals surface area contributed by atoms with Crippen molar-refractivity contribution in [2.24, 2.45) is 0 Å². The summed E-state index contributed by atoms with van der Waals surface area (Å²) in [6, 6.07) is 25.3. The van der Waals surface area contributed by atoms with E-state index < -0.39 is 10.1 Å². The minimum Gasteiger partial charge on any atom is -0.457 e. The fourth-order valence-electron chi connectivity index (χ4n) is 2.26. The van der Waals surface area contributed by atoms with Crippen molar-refractivity contribution in [3.8, 4) is 17.2 Å². The molecule has 0 aromatic heterocycles. The first-order valence-electron chi connectivity index (χ1n) is 7.90. The summed E-state index contributed by atoms with van der Waals surface area (Å²) >= 11 is 0. The molecule has 0 amide bonds. The Bertz CT molecular complexity index is 889. The topological polar surface area (TPSA) is 52.6 Å². The van der Waals surface area contributed by atoms with Crippen molar-refractivity contribution in [1.82, 2.24) is 0 Å². The van der Waals surface area contributed by atoms with Crippen molar-refractivity contribution in [3.63, 3.8) is 0 Å². The Morgan fingerprint density at radius 2 is 1.16 bits per heavy atom. The van der Waals surface area contributed by atoms with Crippen LogP contribution in [-0.4, -0.2) is 14.2 Å². The first kappa shape index (κ1) is 17.0. The van der Waals surface area contributed by atoms with Gasteiger partial charge in [-0.15, -0.1) is 0 Å². The molecule has 5 heteroatoms. The van der Waals surface area contributed by atoms with Crippen LogP contribution in [0.25, 0.3) is 0 Å². The molecular weight excluding hydrogens is 336 g/mol. The first-order chi connectivity index (χ1) is 12.1. The Morgan fingerprint density at radius 1 is 0.640 bits per heavy atom. The summed E-state index contributed by atoms with van der Waals surface area (Å²) in [4.78, 5) is 0. The van der Waals surface area contributed by atoms with Gasteiger partial charge in [0.05, 0.1) is 5.75 Å². The number of para-hydroxylation sites is 1. The molecule has 0 aliphatic rings. The zero-order valence-electron chi connectivity index (χ0n) is 13.5. The number of rotatable bonds is 7. The van der Waals surface area contributed by atoms with Crippen molar-refractivity contribution in [2.45, 2.75) is 6.42 Å². The van der Waals surface area contributed by atoms with Crippen LogP contribution in [0.5, 0.6) is 17.2 Å². The lowest BCUT2D eigenvalue weighted by molar-refractivity contribution is 0.474. The number of aryl methyl sites for hydroxylation is 1. The molecule has 0 fully saturated rings. The molecule has 4 nitrogen and oxygen atoms in total. The molecule has 3 aromatic rings. The molecule has 25 heavy (non-hydrogen) atoms. The molecule has 0 saturated carbocycles. The van der Waals surface area contributed by atoms with Gasteiger partial charge in [-0.05, 0) is 48.4 Å². The van der Waals surface area contributed by atoms with Crippen molar-refractivity contribution in [3.05, 3.63) is 90.5 Å². The highest BCUT2D eigenvalue weighted by Gasteiger charge is 2.13. The van der Waals surface area contributed by atoms with Gasteiger partial charge in [-0.25, -0.2) is 0 Å². The molecule has 0 bridgehead atoms. The fraction of sp³-hybridized carbons (Fsp3) is 0.100. The lowest BCUT2D eigenvalue weighted by atomic mass is 10.2. The van der Waals surface area contributed by atoms with E-state index in [0.29, 0.717) is 17.9 Å². The van der Waals surface area contributed by atoms with Crippen LogP contribution in [0, 0.1) is 0 Å². The van der Waals surface area contributed by atoms with Gasteiger partial charge in [0.25, 0.3) is 0 Å². The van der Waals surface area contributed by atoms with E-state index in [-0.39, 0.29) is 11.5 Å². The minimum atomic E-state index is -3.65. The highest BCUT2D eigenvalue weighted by molar-refractivity contribution is 7.87. The second kappa shape index (κ2) is 7.85. The summed E-state index contributed by atoms with van der Waals surface area (Å²) < 4.78 is 35.0. The second-order valence-corrected chi connectivity index (χ2v) is 7.16. The third kappa shape index (κ3) is 5.36. The highest BCUT2D eigenvalue weighted by Crippen LogP contribution is 2.24. The van der Waals surface area contributed by atoms with Gasteiger partial charge >= 0.3 is 10.1 Å². The summed E-state index contributed by atoms with van der Waals surface area (Å²) in [5.41, 5.74) is 0.960. The van der Waals surface area contributed by atoms with Crippen LogP contribution < -0.4 is 8.92 Å². The maximum atomic E-state index is 12.1. The van der Waals surface area contributed by atoms with Gasteiger partial charge in [-0.1, -0.05) is 48.5 Å². The van der Waals surface area contributed by atoms with Crippen molar-refractivity contribution < 1.29 is 17.3 Å². The predicted molar refractivity (Wildman–Crippen MR) is 97.5 cm³/mol. The zero-order valence-corrected chi connectivity index (χ0v) is 14.4. The van der Waals surface area contributed by atoms with Crippen LogP contribution in [0.4, 0.5) is 0 Å². The average molecular weight is 354 g/mol. The normalized spacial score (nSPS) is 11.0.